The van der Waals surface area contributed by atoms with Gasteiger partial charge in [-0.15, -0.1) is 10.2 Å². The second-order valence-corrected chi connectivity index (χ2v) is 4.79. The third-order valence-electron chi connectivity index (χ3n) is 3.29. The predicted octanol–water partition coefficient (Wildman–Crippen LogP) is 0.837. The van der Waals surface area contributed by atoms with Gasteiger partial charge >= 0.3 is 6.18 Å². The molecule has 1 saturated heterocycles. The van der Waals surface area contributed by atoms with Crippen molar-refractivity contribution >= 4 is 5.82 Å². The van der Waals surface area contributed by atoms with Crippen molar-refractivity contribution in [3.8, 4) is 0 Å². The van der Waals surface area contributed by atoms with Crippen LogP contribution in [-0.4, -0.2) is 61.4 Å². The minimum Gasteiger partial charge on any atom is -0.357 e. The molecule has 1 aliphatic heterocycles. The van der Waals surface area contributed by atoms with Gasteiger partial charge in [0, 0.05) is 46.3 Å². The molecule has 112 valence electrons. The largest absolute Gasteiger partial charge is 0.435 e. The van der Waals surface area contributed by atoms with E-state index < -0.39 is 11.9 Å². The van der Waals surface area contributed by atoms with Crippen molar-refractivity contribution in [2.45, 2.75) is 6.18 Å². The number of aromatic nitrogens is 2. The van der Waals surface area contributed by atoms with E-state index in [0.717, 1.165) is 38.8 Å². The molecule has 0 aliphatic carbocycles. The van der Waals surface area contributed by atoms with Crippen molar-refractivity contribution in [2.75, 3.05) is 51.2 Å². The lowest BCUT2D eigenvalue weighted by atomic mass is 10.3. The van der Waals surface area contributed by atoms with Crippen molar-refractivity contribution in [1.29, 1.82) is 0 Å². The van der Waals surface area contributed by atoms with Crippen LogP contribution in [0.4, 0.5) is 19.0 Å². The van der Waals surface area contributed by atoms with Crippen molar-refractivity contribution < 1.29 is 13.2 Å². The zero-order valence-corrected chi connectivity index (χ0v) is 11.3. The quantitative estimate of drug-likeness (QED) is 0.890. The molecule has 8 heteroatoms. The summed E-state index contributed by atoms with van der Waals surface area (Å²) in [4.78, 5) is 4.12. The summed E-state index contributed by atoms with van der Waals surface area (Å²) in [5.74, 6) is 0.452. The Kier molecular flexibility index (Phi) is 4.77. The number of hydrogen-bond donors (Lipinski definition) is 1. The fourth-order valence-corrected chi connectivity index (χ4v) is 2.02. The molecule has 2 rings (SSSR count). The summed E-state index contributed by atoms with van der Waals surface area (Å²) in [6.45, 7) is 5.51. The van der Waals surface area contributed by atoms with Gasteiger partial charge in [-0.05, 0) is 12.1 Å². The van der Waals surface area contributed by atoms with Gasteiger partial charge in [0.2, 0.25) is 0 Å². The van der Waals surface area contributed by atoms with Gasteiger partial charge in [-0.3, -0.25) is 4.90 Å². The molecule has 0 saturated carbocycles. The van der Waals surface area contributed by atoms with Crippen molar-refractivity contribution in [3.63, 3.8) is 0 Å². The molecule has 1 aromatic heterocycles. The van der Waals surface area contributed by atoms with E-state index in [4.69, 9.17) is 0 Å². The molecule has 0 unspecified atom stereocenters. The van der Waals surface area contributed by atoms with Gasteiger partial charge in [0.05, 0.1) is 0 Å². The number of anilines is 1. The minimum atomic E-state index is -4.44. The third kappa shape index (κ3) is 4.04. The standard InChI is InChI=1S/C12H18F3N5/c1-19(8-9-20-6-4-16-5-7-20)11-3-2-10(17-18-11)12(13,14)15/h2-3,16H,4-9H2,1H3. The van der Waals surface area contributed by atoms with Gasteiger partial charge in [-0.2, -0.15) is 13.2 Å². The smallest absolute Gasteiger partial charge is 0.357 e. The van der Waals surface area contributed by atoms with E-state index in [0.29, 0.717) is 12.4 Å². The van der Waals surface area contributed by atoms with Crippen LogP contribution in [-0.2, 0) is 6.18 Å². The molecule has 20 heavy (non-hydrogen) atoms. The van der Waals surface area contributed by atoms with Crippen LogP contribution in [0.2, 0.25) is 0 Å². The third-order valence-corrected chi connectivity index (χ3v) is 3.29. The highest BCUT2D eigenvalue weighted by Gasteiger charge is 2.33. The summed E-state index contributed by atoms with van der Waals surface area (Å²) in [6.07, 6.45) is -4.44. The summed E-state index contributed by atoms with van der Waals surface area (Å²) >= 11 is 0. The molecule has 0 aromatic carbocycles. The summed E-state index contributed by atoms with van der Waals surface area (Å²) < 4.78 is 37.1. The molecule has 2 heterocycles. The molecule has 1 fully saturated rings. The topological polar surface area (TPSA) is 44.3 Å². The predicted molar refractivity (Wildman–Crippen MR) is 69.6 cm³/mol. The number of halogens is 3. The zero-order valence-electron chi connectivity index (χ0n) is 11.3. The number of rotatable bonds is 4. The Morgan fingerprint density at radius 1 is 1.25 bits per heavy atom. The second-order valence-electron chi connectivity index (χ2n) is 4.79. The highest BCUT2D eigenvalue weighted by Crippen LogP contribution is 2.27. The molecule has 1 aliphatic rings. The van der Waals surface area contributed by atoms with Crippen LogP contribution < -0.4 is 10.2 Å². The lowest BCUT2D eigenvalue weighted by Gasteiger charge is -2.29. The van der Waals surface area contributed by atoms with E-state index in [1.807, 2.05) is 4.90 Å². The van der Waals surface area contributed by atoms with Crippen LogP contribution in [0.3, 0.4) is 0 Å². The summed E-state index contributed by atoms with van der Waals surface area (Å²) in [5, 5.41) is 10.1. The first-order valence-corrected chi connectivity index (χ1v) is 6.52. The molecular formula is C12H18F3N5. The first kappa shape index (κ1) is 15.0. The Bertz CT molecular complexity index is 414. The van der Waals surface area contributed by atoms with Crippen LogP contribution >= 0.6 is 0 Å². The Morgan fingerprint density at radius 2 is 1.95 bits per heavy atom. The fourth-order valence-electron chi connectivity index (χ4n) is 2.02. The average molecular weight is 289 g/mol. The number of nitrogens with one attached hydrogen (secondary N) is 1. The number of alkyl halides is 3. The highest BCUT2D eigenvalue weighted by atomic mass is 19.4. The minimum absolute atomic E-state index is 0.452. The van der Waals surface area contributed by atoms with E-state index in [1.54, 1.807) is 7.05 Å². The molecular weight excluding hydrogens is 271 g/mol. The summed E-state index contributed by atoms with van der Waals surface area (Å²) in [7, 11) is 1.81. The van der Waals surface area contributed by atoms with Crippen molar-refractivity contribution in [1.82, 2.24) is 20.4 Å². The van der Waals surface area contributed by atoms with Gasteiger partial charge in [0.15, 0.2) is 11.5 Å². The van der Waals surface area contributed by atoms with Crippen LogP contribution in [0.5, 0.6) is 0 Å². The van der Waals surface area contributed by atoms with Gasteiger partial charge < -0.3 is 10.2 Å². The van der Waals surface area contributed by atoms with E-state index in [1.165, 1.54) is 6.07 Å². The zero-order chi connectivity index (χ0) is 14.6. The Labute approximate surface area is 115 Å². The van der Waals surface area contributed by atoms with Crippen LogP contribution in [0, 0.1) is 0 Å². The maximum atomic E-state index is 12.4. The second kappa shape index (κ2) is 6.36. The van der Waals surface area contributed by atoms with Gasteiger partial charge in [0.1, 0.15) is 0 Å². The number of piperazine rings is 1. The van der Waals surface area contributed by atoms with Gasteiger partial charge in [0.25, 0.3) is 0 Å². The Hall–Kier alpha value is -1.41. The summed E-state index contributed by atoms with van der Waals surface area (Å²) in [5.41, 5.74) is -0.961. The normalized spacial score (nSPS) is 17.2. The lowest BCUT2D eigenvalue weighted by Crippen LogP contribution is -2.46. The van der Waals surface area contributed by atoms with Gasteiger partial charge in [-0.25, -0.2) is 0 Å². The molecule has 1 N–H and O–H groups in total. The molecule has 5 nitrogen and oxygen atoms in total. The van der Waals surface area contributed by atoms with Crippen LogP contribution in [0.25, 0.3) is 0 Å². The van der Waals surface area contributed by atoms with E-state index in [2.05, 4.69) is 20.4 Å². The van der Waals surface area contributed by atoms with Crippen LogP contribution in [0.15, 0.2) is 12.1 Å². The first-order chi connectivity index (χ1) is 9.47. The molecule has 0 spiro atoms. The molecule has 0 radical (unpaired) electrons. The monoisotopic (exact) mass is 289 g/mol. The number of likely N-dealkylation sites (N-methyl/N-ethyl adjacent to an activating group) is 1. The lowest BCUT2D eigenvalue weighted by molar-refractivity contribution is -0.141. The molecule has 0 amide bonds. The molecule has 0 bridgehead atoms. The first-order valence-electron chi connectivity index (χ1n) is 6.52. The van der Waals surface area contributed by atoms with Crippen molar-refractivity contribution in [2.24, 2.45) is 0 Å². The molecule has 0 atom stereocenters. The average Bonchev–Trinajstić information content (AvgIpc) is 2.45. The van der Waals surface area contributed by atoms with Crippen LogP contribution in [0.1, 0.15) is 5.69 Å². The maximum Gasteiger partial charge on any atom is 0.435 e. The van der Waals surface area contributed by atoms with E-state index in [-0.39, 0.29) is 0 Å². The highest BCUT2D eigenvalue weighted by molar-refractivity contribution is 5.36. The van der Waals surface area contributed by atoms with Crippen molar-refractivity contribution in [3.05, 3.63) is 17.8 Å². The Balaban J connectivity index is 1.87. The fraction of sp³-hybridized carbons (Fsp3) is 0.667. The maximum absolute atomic E-state index is 12.4. The van der Waals surface area contributed by atoms with E-state index >= 15 is 0 Å². The number of nitrogens with zero attached hydrogens (tertiary/aromatic N) is 4. The number of hydrogen-bond acceptors (Lipinski definition) is 5. The molecule has 1 aromatic rings. The summed E-state index contributed by atoms with van der Waals surface area (Å²) in [6, 6.07) is 2.32. The van der Waals surface area contributed by atoms with E-state index in [9.17, 15) is 13.2 Å². The SMILES string of the molecule is CN(CCN1CCNCC1)c1ccc(C(F)(F)F)nn1. The van der Waals surface area contributed by atoms with Gasteiger partial charge in [-0.1, -0.05) is 0 Å². The Morgan fingerprint density at radius 3 is 2.50 bits per heavy atom.